The lowest BCUT2D eigenvalue weighted by Crippen LogP contribution is -2.40. The van der Waals surface area contributed by atoms with Gasteiger partial charge < -0.3 is 10.2 Å². The van der Waals surface area contributed by atoms with Gasteiger partial charge in [0.15, 0.2) is 5.69 Å². The van der Waals surface area contributed by atoms with Crippen LogP contribution in [0.5, 0.6) is 0 Å². The van der Waals surface area contributed by atoms with Crippen molar-refractivity contribution >= 4 is 11.6 Å². The van der Waals surface area contributed by atoms with Gasteiger partial charge in [0.2, 0.25) is 0 Å². The zero-order chi connectivity index (χ0) is 17.8. The summed E-state index contributed by atoms with van der Waals surface area (Å²) >= 11 is 0. The van der Waals surface area contributed by atoms with Crippen molar-refractivity contribution in [3.8, 4) is 5.69 Å². The molecule has 1 aromatic heterocycles. The van der Waals surface area contributed by atoms with Crippen LogP contribution in [0.15, 0.2) is 36.5 Å². The fraction of sp³-hybridized carbons (Fsp3) is 0.412. The van der Waals surface area contributed by atoms with Gasteiger partial charge in [-0.1, -0.05) is 6.07 Å². The molecule has 2 aromatic rings. The second-order valence-electron chi connectivity index (χ2n) is 6.22. The maximum Gasteiger partial charge on any atom is 0.274 e. The third-order valence-electron chi connectivity index (χ3n) is 4.51. The largest absolute Gasteiger partial charge is 0.337 e. The molecule has 132 valence electrons. The number of likely N-dealkylation sites (tertiary alicyclic amines) is 1. The van der Waals surface area contributed by atoms with Crippen LogP contribution in [0.2, 0.25) is 0 Å². The van der Waals surface area contributed by atoms with Gasteiger partial charge in [-0.2, -0.15) is 5.10 Å². The molecule has 0 bridgehead atoms. The summed E-state index contributed by atoms with van der Waals surface area (Å²) in [6.45, 7) is 2.44. The maximum atomic E-state index is 12.6. The highest BCUT2D eigenvalue weighted by Gasteiger charge is 2.24. The molecule has 1 aliphatic rings. The molecular formula is C17H21N5O3. The van der Waals surface area contributed by atoms with Crippen LogP contribution in [0.3, 0.4) is 0 Å². The Bertz CT molecular complexity index is 765. The molecule has 1 saturated heterocycles. The van der Waals surface area contributed by atoms with Gasteiger partial charge in [-0.25, -0.2) is 4.68 Å². The highest BCUT2D eigenvalue weighted by molar-refractivity contribution is 5.92. The van der Waals surface area contributed by atoms with E-state index in [2.05, 4.69) is 10.4 Å². The Balaban J connectivity index is 1.70. The van der Waals surface area contributed by atoms with Crippen molar-refractivity contribution in [1.82, 2.24) is 20.0 Å². The van der Waals surface area contributed by atoms with E-state index in [1.54, 1.807) is 24.4 Å². The van der Waals surface area contributed by atoms with Crippen LogP contribution in [0.25, 0.3) is 5.69 Å². The van der Waals surface area contributed by atoms with Gasteiger partial charge in [0.05, 0.1) is 10.6 Å². The number of nitrogens with one attached hydrogen (secondary N) is 1. The molecule has 0 aliphatic carbocycles. The maximum absolute atomic E-state index is 12.6. The molecule has 0 atom stereocenters. The summed E-state index contributed by atoms with van der Waals surface area (Å²) in [7, 11) is 1.94. The van der Waals surface area contributed by atoms with E-state index < -0.39 is 4.92 Å². The standard InChI is InChI=1S/C17H21N5O3/c1-18-12-13-5-8-20(9-6-13)17(23)16-7-10-21(19-16)14-3-2-4-15(11-14)22(24)25/h2-4,7,10-11,13,18H,5-6,8-9,12H2,1H3. The summed E-state index contributed by atoms with van der Waals surface area (Å²) in [5.74, 6) is 0.517. The monoisotopic (exact) mass is 343 g/mol. The van der Waals surface area contributed by atoms with Crippen molar-refractivity contribution in [2.24, 2.45) is 5.92 Å². The molecule has 1 N–H and O–H groups in total. The lowest BCUT2D eigenvalue weighted by molar-refractivity contribution is -0.384. The number of piperidine rings is 1. The van der Waals surface area contributed by atoms with Crippen LogP contribution in [-0.2, 0) is 0 Å². The Kier molecular flexibility index (Phi) is 5.08. The number of benzene rings is 1. The molecule has 0 radical (unpaired) electrons. The molecule has 0 saturated carbocycles. The van der Waals surface area contributed by atoms with Crippen LogP contribution in [0, 0.1) is 16.0 Å². The Morgan fingerprint density at radius 2 is 2.12 bits per heavy atom. The van der Waals surface area contributed by atoms with Crippen molar-refractivity contribution in [3.63, 3.8) is 0 Å². The third kappa shape index (κ3) is 3.85. The lowest BCUT2D eigenvalue weighted by Gasteiger charge is -2.31. The summed E-state index contributed by atoms with van der Waals surface area (Å²) in [5.41, 5.74) is 0.909. The Morgan fingerprint density at radius 3 is 2.80 bits per heavy atom. The van der Waals surface area contributed by atoms with E-state index in [9.17, 15) is 14.9 Å². The fourth-order valence-corrected chi connectivity index (χ4v) is 3.12. The Labute approximate surface area is 145 Å². The van der Waals surface area contributed by atoms with E-state index in [1.807, 2.05) is 11.9 Å². The molecule has 1 amide bonds. The van der Waals surface area contributed by atoms with Gasteiger partial charge in [-0.15, -0.1) is 0 Å². The second kappa shape index (κ2) is 7.43. The topological polar surface area (TPSA) is 93.3 Å². The summed E-state index contributed by atoms with van der Waals surface area (Å²) in [6.07, 6.45) is 3.62. The normalized spacial score (nSPS) is 15.3. The van der Waals surface area contributed by atoms with E-state index in [4.69, 9.17) is 0 Å². The molecule has 3 rings (SSSR count). The number of hydrogen-bond acceptors (Lipinski definition) is 5. The summed E-state index contributed by atoms with van der Waals surface area (Å²) in [5, 5.41) is 18.4. The van der Waals surface area contributed by atoms with Crippen LogP contribution in [0.4, 0.5) is 5.69 Å². The molecule has 1 aliphatic heterocycles. The molecule has 8 nitrogen and oxygen atoms in total. The van der Waals surface area contributed by atoms with Gasteiger partial charge in [-0.05, 0) is 44.5 Å². The molecule has 2 heterocycles. The van der Waals surface area contributed by atoms with Crippen LogP contribution in [-0.4, -0.2) is 52.2 Å². The number of nitro groups is 1. The minimum atomic E-state index is -0.450. The first kappa shape index (κ1) is 17.1. The highest BCUT2D eigenvalue weighted by atomic mass is 16.6. The first-order valence-corrected chi connectivity index (χ1v) is 8.33. The fourth-order valence-electron chi connectivity index (χ4n) is 3.12. The van der Waals surface area contributed by atoms with E-state index in [0.29, 0.717) is 17.3 Å². The average molecular weight is 343 g/mol. The number of rotatable bonds is 5. The van der Waals surface area contributed by atoms with Crippen molar-refractivity contribution in [2.45, 2.75) is 12.8 Å². The summed E-state index contributed by atoms with van der Waals surface area (Å²) in [6, 6.07) is 7.83. The van der Waals surface area contributed by atoms with Crippen LogP contribution >= 0.6 is 0 Å². The Morgan fingerprint density at radius 1 is 1.36 bits per heavy atom. The first-order chi connectivity index (χ1) is 12.1. The minimum absolute atomic E-state index is 0.00696. The molecular weight excluding hydrogens is 322 g/mol. The molecule has 8 heteroatoms. The lowest BCUT2D eigenvalue weighted by atomic mass is 9.97. The van der Waals surface area contributed by atoms with E-state index in [-0.39, 0.29) is 11.6 Å². The van der Waals surface area contributed by atoms with Crippen molar-refractivity contribution in [1.29, 1.82) is 0 Å². The van der Waals surface area contributed by atoms with Gasteiger partial charge in [0.1, 0.15) is 0 Å². The van der Waals surface area contributed by atoms with E-state index in [1.165, 1.54) is 16.8 Å². The summed E-state index contributed by atoms with van der Waals surface area (Å²) in [4.78, 5) is 24.9. The molecule has 0 spiro atoms. The molecule has 25 heavy (non-hydrogen) atoms. The van der Waals surface area contributed by atoms with Crippen molar-refractivity contribution in [3.05, 3.63) is 52.3 Å². The SMILES string of the molecule is CNCC1CCN(C(=O)c2ccn(-c3cccc([N+](=O)[O-])c3)n2)CC1. The number of carbonyl (C=O) groups is 1. The number of hydrogen-bond donors (Lipinski definition) is 1. The zero-order valence-corrected chi connectivity index (χ0v) is 14.1. The number of non-ortho nitro benzene ring substituents is 1. The number of nitro benzene ring substituents is 1. The Hall–Kier alpha value is -2.74. The van der Waals surface area contributed by atoms with Crippen molar-refractivity contribution < 1.29 is 9.72 Å². The highest BCUT2D eigenvalue weighted by Crippen LogP contribution is 2.19. The summed E-state index contributed by atoms with van der Waals surface area (Å²) < 4.78 is 1.49. The van der Waals surface area contributed by atoms with Gasteiger partial charge in [0.25, 0.3) is 11.6 Å². The van der Waals surface area contributed by atoms with Gasteiger partial charge in [-0.3, -0.25) is 14.9 Å². The quantitative estimate of drug-likeness (QED) is 0.660. The zero-order valence-electron chi connectivity index (χ0n) is 14.1. The predicted octanol–water partition coefficient (Wildman–Crippen LogP) is 1.85. The van der Waals surface area contributed by atoms with Crippen molar-refractivity contribution in [2.75, 3.05) is 26.7 Å². The van der Waals surface area contributed by atoms with Gasteiger partial charge >= 0.3 is 0 Å². The first-order valence-electron chi connectivity index (χ1n) is 8.33. The van der Waals surface area contributed by atoms with Crippen LogP contribution < -0.4 is 5.32 Å². The van der Waals surface area contributed by atoms with E-state index in [0.717, 1.165) is 32.5 Å². The number of carbonyl (C=O) groups excluding carboxylic acids is 1. The number of aromatic nitrogens is 2. The molecule has 0 unspecified atom stereocenters. The predicted molar refractivity (Wildman–Crippen MR) is 92.8 cm³/mol. The van der Waals surface area contributed by atoms with Gasteiger partial charge in [0, 0.05) is 31.4 Å². The minimum Gasteiger partial charge on any atom is -0.337 e. The molecule has 1 aromatic carbocycles. The number of nitrogens with zero attached hydrogens (tertiary/aromatic N) is 4. The smallest absolute Gasteiger partial charge is 0.274 e. The second-order valence-corrected chi connectivity index (χ2v) is 6.22. The van der Waals surface area contributed by atoms with Crippen LogP contribution in [0.1, 0.15) is 23.3 Å². The third-order valence-corrected chi connectivity index (χ3v) is 4.51. The average Bonchev–Trinajstić information content (AvgIpc) is 3.12. The molecule has 1 fully saturated rings. The van der Waals surface area contributed by atoms with E-state index >= 15 is 0 Å². The number of amides is 1.